The van der Waals surface area contributed by atoms with Crippen molar-refractivity contribution < 1.29 is 4.79 Å². The molecule has 0 spiro atoms. The van der Waals surface area contributed by atoms with Crippen LogP contribution >= 0.6 is 0 Å². The van der Waals surface area contributed by atoms with Gasteiger partial charge in [-0.05, 0) is 25.0 Å². The number of H-pyrrole nitrogens is 1. The number of carbonyl (C=O) groups excluding carboxylic acids is 1. The number of rotatable bonds is 6. The van der Waals surface area contributed by atoms with Gasteiger partial charge >= 0.3 is 0 Å². The first-order chi connectivity index (χ1) is 11.3. The molecular formula is C19H19N3O. The Bertz CT molecular complexity index is 751. The third kappa shape index (κ3) is 4.07. The lowest BCUT2D eigenvalue weighted by atomic mass is 10.2. The van der Waals surface area contributed by atoms with Gasteiger partial charge in [0.05, 0.1) is 0 Å². The van der Waals surface area contributed by atoms with E-state index in [-0.39, 0.29) is 5.91 Å². The predicted molar refractivity (Wildman–Crippen MR) is 91.1 cm³/mol. The second kappa shape index (κ2) is 7.40. The summed E-state index contributed by atoms with van der Waals surface area (Å²) < 4.78 is 0. The summed E-state index contributed by atoms with van der Waals surface area (Å²) in [4.78, 5) is 19.6. The normalized spacial score (nSPS) is 10.4. The first-order valence-corrected chi connectivity index (χ1v) is 7.75. The molecular weight excluding hydrogens is 286 g/mol. The first-order valence-electron chi connectivity index (χ1n) is 7.75. The van der Waals surface area contributed by atoms with Gasteiger partial charge in [0.1, 0.15) is 5.82 Å². The van der Waals surface area contributed by atoms with Gasteiger partial charge in [-0.3, -0.25) is 4.79 Å². The number of hydrogen-bond acceptors (Lipinski definition) is 2. The van der Waals surface area contributed by atoms with Crippen molar-refractivity contribution in [3.05, 3.63) is 78.1 Å². The topological polar surface area (TPSA) is 57.8 Å². The number of carbonyl (C=O) groups is 1. The monoisotopic (exact) mass is 305 g/mol. The first kappa shape index (κ1) is 15.0. The van der Waals surface area contributed by atoms with E-state index in [1.807, 2.05) is 66.9 Å². The molecule has 2 N–H and O–H groups in total. The smallest absolute Gasteiger partial charge is 0.251 e. The molecule has 2 aromatic carbocycles. The summed E-state index contributed by atoms with van der Waals surface area (Å²) in [7, 11) is 0. The largest absolute Gasteiger partial charge is 0.352 e. The molecule has 0 aliphatic carbocycles. The highest BCUT2D eigenvalue weighted by molar-refractivity contribution is 5.94. The zero-order valence-electron chi connectivity index (χ0n) is 12.8. The van der Waals surface area contributed by atoms with Crippen LogP contribution in [0.15, 0.2) is 66.9 Å². The Morgan fingerprint density at radius 2 is 1.70 bits per heavy atom. The van der Waals surface area contributed by atoms with Crippen LogP contribution in [0.4, 0.5) is 0 Å². The van der Waals surface area contributed by atoms with Gasteiger partial charge in [0, 0.05) is 29.6 Å². The molecule has 23 heavy (non-hydrogen) atoms. The minimum absolute atomic E-state index is 0.0276. The van der Waals surface area contributed by atoms with Crippen LogP contribution in [-0.2, 0) is 6.42 Å². The van der Waals surface area contributed by atoms with E-state index in [0.717, 1.165) is 29.9 Å². The molecule has 1 heterocycles. The van der Waals surface area contributed by atoms with Crippen LogP contribution in [0.2, 0.25) is 0 Å². The highest BCUT2D eigenvalue weighted by Crippen LogP contribution is 2.15. The molecule has 0 fully saturated rings. The number of nitrogens with zero attached hydrogens (tertiary/aromatic N) is 1. The molecule has 1 amide bonds. The van der Waals surface area contributed by atoms with Crippen LogP contribution in [0.3, 0.4) is 0 Å². The van der Waals surface area contributed by atoms with Gasteiger partial charge in [-0.1, -0.05) is 48.5 Å². The molecule has 3 rings (SSSR count). The zero-order chi connectivity index (χ0) is 15.9. The Morgan fingerprint density at radius 3 is 2.43 bits per heavy atom. The van der Waals surface area contributed by atoms with Crippen LogP contribution in [0.5, 0.6) is 0 Å². The molecule has 0 saturated heterocycles. The number of amides is 1. The molecule has 0 aliphatic rings. The van der Waals surface area contributed by atoms with E-state index in [2.05, 4.69) is 15.3 Å². The highest BCUT2D eigenvalue weighted by Gasteiger charge is 2.05. The number of aromatic nitrogens is 2. The summed E-state index contributed by atoms with van der Waals surface area (Å²) in [6.45, 7) is 0.646. The third-order valence-electron chi connectivity index (χ3n) is 3.62. The summed E-state index contributed by atoms with van der Waals surface area (Å²) in [5.41, 5.74) is 2.86. The Balaban J connectivity index is 1.46. The number of aromatic amines is 1. The van der Waals surface area contributed by atoms with Crippen molar-refractivity contribution in [1.29, 1.82) is 0 Å². The van der Waals surface area contributed by atoms with Gasteiger partial charge in [-0.15, -0.1) is 0 Å². The second-order valence-corrected chi connectivity index (χ2v) is 5.35. The lowest BCUT2D eigenvalue weighted by Gasteiger charge is -2.04. The van der Waals surface area contributed by atoms with E-state index in [0.29, 0.717) is 12.1 Å². The average molecular weight is 305 g/mol. The molecule has 0 saturated carbocycles. The van der Waals surface area contributed by atoms with Gasteiger partial charge < -0.3 is 10.3 Å². The van der Waals surface area contributed by atoms with E-state index in [4.69, 9.17) is 0 Å². The maximum absolute atomic E-state index is 11.9. The quantitative estimate of drug-likeness (QED) is 0.685. The van der Waals surface area contributed by atoms with Gasteiger partial charge in [0.2, 0.25) is 0 Å². The van der Waals surface area contributed by atoms with Crippen LogP contribution < -0.4 is 5.32 Å². The summed E-state index contributed by atoms with van der Waals surface area (Å²) in [6.07, 6.45) is 3.59. The maximum atomic E-state index is 11.9. The number of nitrogens with one attached hydrogen (secondary N) is 2. The predicted octanol–water partition coefficient (Wildman–Crippen LogP) is 3.44. The fourth-order valence-corrected chi connectivity index (χ4v) is 2.40. The maximum Gasteiger partial charge on any atom is 0.251 e. The molecule has 1 aromatic heterocycles. The molecule has 0 unspecified atom stereocenters. The van der Waals surface area contributed by atoms with E-state index in [1.165, 1.54) is 0 Å². The number of benzene rings is 2. The minimum atomic E-state index is -0.0276. The SMILES string of the molecule is O=C(NCCCc1cnc(-c2ccccc2)[nH]1)c1ccccc1. The zero-order valence-corrected chi connectivity index (χ0v) is 12.8. The molecule has 0 bridgehead atoms. The van der Waals surface area contributed by atoms with Gasteiger partial charge in [0.25, 0.3) is 5.91 Å². The van der Waals surface area contributed by atoms with E-state index in [9.17, 15) is 4.79 Å². The third-order valence-corrected chi connectivity index (χ3v) is 3.62. The van der Waals surface area contributed by atoms with Crippen LogP contribution in [0.25, 0.3) is 11.4 Å². The van der Waals surface area contributed by atoms with Crippen LogP contribution in [0.1, 0.15) is 22.5 Å². The molecule has 3 aromatic rings. The van der Waals surface area contributed by atoms with E-state index in [1.54, 1.807) is 0 Å². The molecule has 0 radical (unpaired) electrons. The molecule has 116 valence electrons. The van der Waals surface area contributed by atoms with Crippen molar-refractivity contribution in [2.75, 3.05) is 6.54 Å². The summed E-state index contributed by atoms with van der Waals surface area (Å²) in [5, 5.41) is 2.93. The van der Waals surface area contributed by atoms with Crippen molar-refractivity contribution in [1.82, 2.24) is 15.3 Å². The molecule has 0 aliphatic heterocycles. The lowest BCUT2D eigenvalue weighted by Crippen LogP contribution is -2.24. The summed E-state index contributed by atoms with van der Waals surface area (Å²) in [5.74, 6) is 0.856. The molecule has 0 atom stereocenters. The van der Waals surface area contributed by atoms with Crippen LogP contribution in [0, 0.1) is 0 Å². The van der Waals surface area contributed by atoms with Gasteiger partial charge in [0.15, 0.2) is 0 Å². The highest BCUT2D eigenvalue weighted by atomic mass is 16.1. The van der Waals surface area contributed by atoms with Crippen LogP contribution in [-0.4, -0.2) is 22.4 Å². The van der Waals surface area contributed by atoms with Crippen molar-refractivity contribution in [2.45, 2.75) is 12.8 Å². The van der Waals surface area contributed by atoms with E-state index >= 15 is 0 Å². The Hall–Kier alpha value is -2.88. The van der Waals surface area contributed by atoms with Gasteiger partial charge in [-0.25, -0.2) is 4.98 Å². The van der Waals surface area contributed by atoms with Crippen molar-refractivity contribution >= 4 is 5.91 Å². The standard InChI is InChI=1S/C19H19N3O/c23-19(16-10-5-2-6-11-16)20-13-7-12-17-14-21-18(22-17)15-8-3-1-4-9-15/h1-6,8-11,14H,7,12-13H2,(H,20,23)(H,21,22). The van der Waals surface area contributed by atoms with Gasteiger partial charge in [-0.2, -0.15) is 0 Å². The van der Waals surface area contributed by atoms with Crippen molar-refractivity contribution in [3.8, 4) is 11.4 Å². The molecule has 4 nitrogen and oxygen atoms in total. The number of hydrogen-bond donors (Lipinski definition) is 2. The summed E-state index contributed by atoms with van der Waals surface area (Å²) in [6, 6.07) is 19.3. The Kier molecular flexibility index (Phi) is 4.84. The Morgan fingerprint density at radius 1 is 1.00 bits per heavy atom. The fourth-order valence-electron chi connectivity index (χ4n) is 2.40. The summed E-state index contributed by atoms with van der Waals surface area (Å²) >= 11 is 0. The second-order valence-electron chi connectivity index (χ2n) is 5.35. The van der Waals surface area contributed by atoms with Crippen molar-refractivity contribution in [3.63, 3.8) is 0 Å². The average Bonchev–Trinajstić information content (AvgIpc) is 3.09. The van der Waals surface area contributed by atoms with E-state index < -0.39 is 0 Å². The fraction of sp³-hybridized carbons (Fsp3) is 0.158. The van der Waals surface area contributed by atoms with Crippen molar-refractivity contribution in [2.24, 2.45) is 0 Å². The Labute approximate surface area is 135 Å². The lowest BCUT2D eigenvalue weighted by molar-refractivity contribution is 0.0953. The number of imidazole rings is 1. The number of aryl methyl sites for hydroxylation is 1. The molecule has 4 heteroatoms. The minimum Gasteiger partial charge on any atom is -0.352 e.